The van der Waals surface area contributed by atoms with Crippen molar-refractivity contribution < 1.29 is 21.6 Å². The molecule has 20 heavy (non-hydrogen) atoms. The second-order valence-electron chi connectivity index (χ2n) is 4.14. The number of nitrogen functional groups attached to an aromatic ring is 1. The summed E-state index contributed by atoms with van der Waals surface area (Å²) in [5.41, 5.74) is 5.23. The minimum atomic E-state index is -4.17. The Morgan fingerprint density at radius 1 is 1.00 bits per heavy atom. The Morgan fingerprint density at radius 3 is 2.30 bits per heavy atom. The van der Waals surface area contributed by atoms with Gasteiger partial charge in [0, 0.05) is 17.3 Å². The summed E-state index contributed by atoms with van der Waals surface area (Å²) in [6.07, 6.45) is 0. The molecule has 0 saturated carbocycles. The number of benzene rings is 2. The summed E-state index contributed by atoms with van der Waals surface area (Å²) in [6.45, 7) is 0. The van der Waals surface area contributed by atoms with Gasteiger partial charge >= 0.3 is 0 Å². The van der Waals surface area contributed by atoms with E-state index in [0.717, 1.165) is 18.2 Å². The molecule has 0 spiro atoms. The molecule has 0 aliphatic heterocycles. The monoisotopic (exact) mass is 301 g/mol. The fraction of sp³-hybridized carbons (Fsp3) is 0.0769. The van der Waals surface area contributed by atoms with Crippen molar-refractivity contribution in [2.75, 3.05) is 5.73 Å². The summed E-state index contributed by atoms with van der Waals surface area (Å²) >= 11 is 0. The van der Waals surface area contributed by atoms with E-state index >= 15 is 0 Å². The first-order valence-corrected chi connectivity index (χ1v) is 7.17. The average Bonchev–Trinajstić information content (AvgIpc) is 2.33. The fourth-order valence-electron chi connectivity index (χ4n) is 1.72. The van der Waals surface area contributed by atoms with Crippen LogP contribution in [-0.4, -0.2) is 8.42 Å². The molecule has 0 radical (unpaired) electrons. The zero-order valence-electron chi connectivity index (χ0n) is 10.1. The van der Waals surface area contributed by atoms with Gasteiger partial charge in [0.2, 0.25) is 0 Å². The summed E-state index contributed by atoms with van der Waals surface area (Å²) in [5, 5.41) is 0. The van der Waals surface area contributed by atoms with Crippen LogP contribution in [0.4, 0.5) is 18.9 Å². The van der Waals surface area contributed by atoms with Gasteiger partial charge in [0.1, 0.15) is 22.3 Å². The van der Waals surface area contributed by atoms with Crippen LogP contribution in [0.5, 0.6) is 0 Å². The highest BCUT2D eigenvalue weighted by molar-refractivity contribution is 7.90. The molecule has 0 aliphatic carbocycles. The summed E-state index contributed by atoms with van der Waals surface area (Å²) in [4.78, 5) is -0.693. The quantitative estimate of drug-likeness (QED) is 0.700. The Morgan fingerprint density at radius 2 is 1.70 bits per heavy atom. The summed E-state index contributed by atoms with van der Waals surface area (Å²) in [6, 6.07) is 5.81. The van der Waals surface area contributed by atoms with Crippen molar-refractivity contribution >= 4 is 15.5 Å². The number of anilines is 1. The fourth-order valence-corrected chi connectivity index (χ4v) is 3.19. The van der Waals surface area contributed by atoms with Crippen molar-refractivity contribution in [3.8, 4) is 0 Å². The third-order valence-electron chi connectivity index (χ3n) is 2.72. The van der Waals surface area contributed by atoms with Gasteiger partial charge in [-0.2, -0.15) is 0 Å². The minimum Gasteiger partial charge on any atom is -0.398 e. The van der Waals surface area contributed by atoms with E-state index in [0.29, 0.717) is 6.07 Å². The molecule has 106 valence electrons. The Bertz CT molecular complexity index is 740. The lowest BCUT2D eigenvalue weighted by Gasteiger charge is -2.09. The molecule has 0 aliphatic rings. The molecule has 3 nitrogen and oxygen atoms in total. The van der Waals surface area contributed by atoms with E-state index in [9.17, 15) is 21.6 Å². The standard InChI is InChI=1S/C13H10F3NO2S/c14-8-4-5-13(11(16)6-8)20(18,19)7-9-10(15)2-1-3-12(9)17/h1-6H,7,17H2. The smallest absolute Gasteiger partial charge is 0.185 e. The van der Waals surface area contributed by atoms with Crippen LogP contribution in [0.1, 0.15) is 5.56 Å². The van der Waals surface area contributed by atoms with Crippen molar-refractivity contribution in [2.45, 2.75) is 10.6 Å². The van der Waals surface area contributed by atoms with E-state index in [1.54, 1.807) is 0 Å². The molecule has 0 bridgehead atoms. The second kappa shape index (κ2) is 5.16. The molecule has 0 atom stereocenters. The van der Waals surface area contributed by atoms with Crippen LogP contribution in [0.15, 0.2) is 41.3 Å². The van der Waals surface area contributed by atoms with Crippen LogP contribution >= 0.6 is 0 Å². The van der Waals surface area contributed by atoms with Gasteiger partial charge in [-0.05, 0) is 24.3 Å². The molecule has 2 aromatic carbocycles. The van der Waals surface area contributed by atoms with Crippen molar-refractivity contribution in [3.63, 3.8) is 0 Å². The highest BCUT2D eigenvalue weighted by Crippen LogP contribution is 2.24. The van der Waals surface area contributed by atoms with Crippen LogP contribution in [0.3, 0.4) is 0 Å². The number of sulfone groups is 1. The van der Waals surface area contributed by atoms with Gasteiger partial charge in [-0.1, -0.05) is 6.07 Å². The molecule has 2 rings (SSSR count). The maximum absolute atomic E-state index is 13.6. The molecule has 0 unspecified atom stereocenters. The lowest BCUT2D eigenvalue weighted by molar-refractivity contribution is 0.547. The Hall–Kier alpha value is -2.02. The molecule has 0 fully saturated rings. The van der Waals surface area contributed by atoms with Gasteiger partial charge in [-0.3, -0.25) is 0 Å². The van der Waals surface area contributed by atoms with Crippen molar-refractivity contribution in [1.29, 1.82) is 0 Å². The summed E-state index contributed by atoms with van der Waals surface area (Å²) in [7, 11) is -4.17. The number of hydrogen-bond acceptors (Lipinski definition) is 3. The molecule has 0 saturated heterocycles. The number of hydrogen-bond donors (Lipinski definition) is 1. The Labute approximate surface area is 113 Å². The molecule has 2 N–H and O–H groups in total. The van der Waals surface area contributed by atoms with Gasteiger partial charge in [-0.15, -0.1) is 0 Å². The predicted molar refractivity (Wildman–Crippen MR) is 68.1 cm³/mol. The molecule has 2 aromatic rings. The molecular weight excluding hydrogens is 291 g/mol. The molecule has 0 heterocycles. The lowest BCUT2D eigenvalue weighted by atomic mass is 10.2. The average molecular weight is 301 g/mol. The third-order valence-corrected chi connectivity index (χ3v) is 4.39. The van der Waals surface area contributed by atoms with E-state index in [2.05, 4.69) is 0 Å². The minimum absolute atomic E-state index is 0.0453. The van der Waals surface area contributed by atoms with E-state index < -0.39 is 37.9 Å². The second-order valence-corrected chi connectivity index (χ2v) is 6.10. The Balaban J connectivity index is 2.46. The maximum Gasteiger partial charge on any atom is 0.185 e. The van der Waals surface area contributed by atoms with Gasteiger partial charge in [-0.25, -0.2) is 21.6 Å². The first-order chi connectivity index (χ1) is 9.31. The largest absolute Gasteiger partial charge is 0.398 e. The van der Waals surface area contributed by atoms with Gasteiger partial charge < -0.3 is 5.73 Å². The van der Waals surface area contributed by atoms with Gasteiger partial charge in [0.15, 0.2) is 9.84 Å². The molecule has 0 aromatic heterocycles. The van der Waals surface area contributed by atoms with E-state index in [1.165, 1.54) is 12.1 Å². The highest BCUT2D eigenvalue weighted by Gasteiger charge is 2.23. The van der Waals surface area contributed by atoms with Crippen LogP contribution in [-0.2, 0) is 15.6 Å². The first kappa shape index (κ1) is 14.4. The maximum atomic E-state index is 13.6. The van der Waals surface area contributed by atoms with E-state index in [-0.39, 0.29) is 11.3 Å². The van der Waals surface area contributed by atoms with E-state index in [4.69, 9.17) is 5.73 Å². The van der Waals surface area contributed by atoms with Crippen molar-refractivity contribution in [1.82, 2.24) is 0 Å². The number of rotatable bonds is 3. The first-order valence-electron chi connectivity index (χ1n) is 5.52. The highest BCUT2D eigenvalue weighted by atomic mass is 32.2. The summed E-state index contributed by atoms with van der Waals surface area (Å²) in [5.74, 6) is -3.71. The lowest BCUT2D eigenvalue weighted by Crippen LogP contribution is -2.10. The predicted octanol–water partition coefficient (Wildman–Crippen LogP) is 2.66. The van der Waals surface area contributed by atoms with Crippen LogP contribution in [0.25, 0.3) is 0 Å². The zero-order valence-corrected chi connectivity index (χ0v) is 10.9. The van der Waals surface area contributed by atoms with Crippen LogP contribution in [0, 0.1) is 17.5 Å². The van der Waals surface area contributed by atoms with Crippen molar-refractivity contribution in [3.05, 3.63) is 59.4 Å². The van der Waals surface area contributed by atoms with Gasteiger partial charge in [0.25, 0.3) is 0 Å². The molecule has 0 amide bonds. The van der Waals surface area contributed by atoms with Gasteiger partial charge in [0.05, 0.1) is 5.75 Å². The SMILES string of the molecule is Nc1cccc(F)c1CS(=O)(=O)c1ccc(F)cc1F. The van der Waals surface area contributed by atoms with E-state index in [1.807, 2.05) is 0 Å². The molecular formula is C13H10F3NO2S. The number of nitrogens with two attached hydrogens (primary N) is 1. The van der Waals surface area contributed by atoms with Crippen LogP contribution in [0.2, 0.25) is 0 Å². The van der Waals surface area contributed by atoms with Crippen molar-refractivity contribution in [2.24, 2.45) is 0 Å². The topological polar surface area (TPSA) is 60.2 Å². The normalized spacial score (nSPS) is 11.6. The Kier molecular flexibility index (Phi) is 3.71. The zero-order chi connectivity index (χ0) is 14.9. The molecule has 7 heteroatoms. The number of halogens is 3. The van der Waals surface area contributed by atoms with Crippen LogP contribution < -0.4 is 5.73 Å². The summed E-state index contributed by atoms with van der Waals surface area (Å²) < 4.78 is 64.0. The third kappa shape index (κ3) is 2.77.